The molecule has 0 radical (unpaired) electrons. The third kappa shape index (κ3) is 3.56. The van der Waals surface area contributed by atoms with E-state index in [0.29, 0.717) is 13.2 Å². The van der Waals surface area contributed by atoms with Gasteiger partial charge < -0.3 is 14.6 Å². The molecule has 2 aromatic carbocycles. The van der Waals surface area contributed by atoms with Crippen LogP contribution < -0.4 is 9.47 Å². The molecular weight excluding hydrogens is 264 g/mol. The van der Waals surface area contributed by atoms with Crippen LogP contribution >= 0.6 is 0 Å². The summed E-state index contributed by atoms with van der Waals surface area (Å²) in [5.74, 6) is 1.62. The van der Waals surface area contributed by atoms with Crippen LogP contribution in [0.25, 0.3) is 0 Å². The Kier molecular flexibility index (Phi) is 4.86. The summed E-state index contributed by atoms with van der Waals surface area (Å²) in [6.45, 7) is 6.95. The monoisotopic (exact) mass is 286 g/mol. The van der Waals surface area contributed by atoms with Crippen LogP contribution in [0.4, 0.5) is 0 Å². The molecule has 0 saturated carbocycles. The fraction of sp³-hybridized carbons (Fsp3) is 0.333. The van der Waals surface area contributed by atoms with Gasteiger partial charge in [0.15, 0.2) is 0 Å². The van der Waals surface area contributed by atoms with E-state index >= 15 is 0 Å². The Labute approximate surface area is 126 Å². The summed E-state index contributed by atoms with van der Waals surface area (Å²) < 4.78 is 10.8. The average Bonchev–Trinajstić information content (AvgIpc) is 2.49. The molecule has 0 aliphatic carbocycles. The molecule has 0 aliphatic rings. The number of benzene rings is 2. The molecular formula is C18H22O3. The molecule has 3 nitrogen and oxygen atoms in total. The molecule has 0 atom stereocenters. The Bertz CT molecular complexity index is 505. The predicted octanol–water partition coefficient (Wildman–Crippen LogP) is 3.74. The van der Waals surface area contributed by atoms with Crippen LogP contribution in [0.3, 0.4) is 0 Å². The minimum absolute atomic E-state index is 0.634. The molecule has 21 heavy (non-hydrogen) atoms. The molecule has 0 fully saturated rings. The van der Waals surface area contributed by atoms with E-state index in [0.717, 1.165) is 22.6 Å². The van der Waals surface area contributed by atoms with Crippen LogP contribution in [0.1, 0.15) is 31.9 Å². The Morgan fingerprint density at radius 2 is 1.10 bits per heavy atom. The predicted molar refractivity (Wildman–Crippen MR) is 83.9 cm³/mol. The number of aliphatic hydroxyl groups is 1. The van der Waals surface area contributed by atoms with E-state index in [1.807, 2.05) is 62.4 Å². The van der Waals surface area contributed by atoms with Crippen molar-refractivity contribution in [1.29, 1.82) is 0 Å². The van der Waals surface area contributed by atoms with Gasteiger partial charge in [0.25, 0.3) is 0 Å². The molecule has 0 bridgehead atoms. The highest BCUT2D eigenvalue weighted by atomic mass is 16.5. The van der Waals surface area contributed by atoms with E-state index in [9.17, 15) is 5.11 Å². The summed E-state index contributed by atoms with van der Waals surface area (Å²) in [4.78, 5) is 0. The number of hydrogen-bond acceptors (Lipinski definition) is 3. The third-order valence-corrected chi connectivity index (χ3v) is 3.45. The molecule has 3 heteroatoms. The van der Waals surface area contributed by atoms with E-state index in [1.54, 1.807) is 6.92 Å². The smallest absolute Gasteiger partial charge is 0.119 e. The molecule has 0 aliphatic heterocycles. The van der Waals surface area contributed by atoms with Gasteiger partial charge in [-0.3, -0.25) is 0 Å². The van der Waals surface area contributed by atoms with Crippen LogP contribution in [0.2, 0.25) is 0 Å². The van der Waals surface area contributed by atoms with Crippen LogP contribution in [0, 0.1) is 0 Å². The Hall–Kier alpha value is -2.00. The lowest BCUT2D eigenvalue weighted by molar-refractivity contribution is 0.102. The van der Waals surface area contributed by atoms with Gasteiger partial charge in [0, 0.05) is 0 Å². The Morgan fingerprint density at radius 3 is 1.38 bits per heavy atom. The van der Waals surface area contributed by atoms with Gasteiger partial charge in [0.05, 0.1) is 13.2 Å². The molecule has 1 N–H and O–H groups in total. The van der Waals surface area contributed by atoms with Gasteiger partial charge >= 0.3 is 0 Å². The summed E-state index contributed by atoms with van der Waals surface area (Å²) in [6.07, 6.45) is 0. The summed E-state index contributed by atoms with van der Waals surface area (Å²) in [7, 11) is 0. The SMILES string of the molecule is CCOc1ccc(C(C)(O)c2ccc(OCC)cc2)cc1. The second-order valence-corrected chi connectivity index (χ2v) is 4.99. The number of rotatable bonds is 6. The van der Waals surface area contributed by atoms with Crippen molar-refractivity contribution in [3.63, 3.8) is 0 Å². The highest BCUT2D eigenvalue weighted by Gasteiger charge is 2.25. The van der Waals surface area contributed by atoms with Crippen LogP contribution in [-0.2, 0) is 5.60 Å². The zero-order valence-electron chi connectivity index (χ0n) is 12.8. The molecule has 0 saturated heterocycles. The second kappa shape index (κ2) is 6.64. The first-order valence-electron chi connectivity index (χ1n) is 7.27. The summed E-state index contributed by atoms with van der Waals surface area (Å²) in [5.41, 5.74) is 0.611. The van der Waals surface area contributed by atoms with Gasteiger partial charge in [-0.2, -0.15) is 0 Å². The molecule has 0 spiro atoms. The van der Waals surface area contributed by atoms with Crippen molar-refractivity contribution in [2.24, 2.45) is 0 Å². The van der Waals surface area contributed by atoms with Crippen LogP contribution in [0.5, 0.6) is 11.5 Å². The number of ether oxygens (including phenoxy) is 2. The van der Waals surface area contributed by atoms with Gasteiger partial charge in [0.2, 0.25) is 0 Å². The van der Waals surface area contributed by atoms with Gasteiger partial charge in [-0.25, -0.2) is 0 Å². The van der Waals surface area contributed by atoms with Crippen molar-refractivity contribution in [2.45, 2.75) is 26.4 Å². The van der Waals surface area contributed by atoms with Crippen LogP contribution in [-0.4, -0.2) is 18.3 Å². The fourth-order valence-corrected chi connectivity index (χ4v) is 2.25. The van der Waals surface area contributed by atoms with Crippen molar-refractivity contribution < 1.29 is 14.6 Å². The fourth-order valence-electron chi connectivity index (χ4n) is 2.25. The van der Waals surface area contributed by atoms with Crippen LogP contribution in [0.15, 0.2) is 48.5 Å². The lowest BCUT2D eigenvalue weighted by Gasteiger charge is -2.25. The molecule has 0 unspecified atom stereocenters. The third-order valence-electron chi connectivity index (χ3n) is 3.45. The normalized spacial score (nSPS) is 11.2. The van der Waals surface area contributed by atoms with E-state index < -0.39 is 5.60 Å². The van der Waals surface area contributed by atoms with Crippen molar-refractivity contribution in [2.75, 3.05) is 13.2 Å². The van der Waals surface area contributed by atoms with Crippen molar-refractivity contribution in [3.8, 4) is 11.5 Å². The Morgan fingerprint density at radius 1 is 0.762 bits per heavy atom. The molecule has 0 heterocycles. The maximum absolute atomic E-state index is 10.8. The number of hydrogen-bond donors (Lipinski definition) is 1. The Balaban J connectivity index is 2.23. The van der Waals surface area contributed by atoms with Gasteiger partial charge in [-0.15, -0.1) is 0 Å². The van der Waals surface area contributed by atoms with Crippen molar-refractivity contribution in [1.82, 2.24) is 0 Å². The minimum Gasteiger partial charge on any atom is -0.494 e. The first-order chi connectivity index (χ1) is 10.1. The van der Waals surface area contributed by atoms with E-state index in [4.69, 9.17) is 9.47 Å². The van der Waals surface area contributed by atoms with Crippen molar-refractivity contribution >= 4 is 0 Å². The zero-order valence-corrected chi connectivity index (χ0v) is 12.8. The summed E-state index contributed by atoms with van der Waals surface area (Å²) >= 11 is 0. The maximum atomic E-state index is 10.8. The summed E-state index contributed by atoms with van der Waals surface area (Å²) in [5, 5.41) is 10.8. The second-order valence-electron chi connectivity index (χ2n) is 4.99. The molecule has 0 aromatic heterocycles. The zero-order chi connectivity index (χ0) is 15.3. The average molecular weight is 286 g/mol. The van der Waals surface area contributed by atoms with E-state index in [1.165, 1.54) is 0 Å². The first-order valence-corrected chi connectivity index (χ1v) is 7.27. The van der Waals surface area contributed by atoms with E-state index in [2.05, 4.69) is 0 Å². The minimum atomic E-state index is -1.05. The van der Waals surface area contributed by atoms with E-state index in [-0.39, 0.29) is 0 Å². The van der Waals surface area contributed by atoms with Gasteiger partial charge in [0.1, 0.15) is 17.1 Å². The topological polar surface area (TPSA) is 38.7 Å². The molecule has 2 aromatic rings. The summed E-state index contributed by atoms with van der Waals surface area (Å²) in [6, 6.07) is 15.1. The quantitative estimate of drug-likeness (QED) is 0.879. The molecule has 0 amide bonds. The molecule has 112 valence electrons. The highest BCUT2D eigenvalue weighted by molar-refractivity contribution is 5.40. The maximum Gasteiger partial charge on any atom is 0.119 e. The lowest BCUT2D eigenvalue weighted by atomic mass is 9.88. The first kappa shape index (κ1) is 15.4. The lowest BCUT2D eigenvalue weighted by Crippen LogP contribution is -2.22. The van der Waals surface area contributed by atoms with Gasteiger partial charge in [-0.05, 0) is 56.2 Å². The van der Waals surface area contributed by atoms with Gasteiger partial charge in [-0.1, -0.05) is 24.3 Å². The van der Waals surface area contributed by atoms with Crippen molar-refractivity contribution in [3.05, 3.63) is 59.7 Å². The highest BCUT2D eigenvalue weighted by Crippen LogP contribution is 2.31. The largest absolute Gasteiger partial charge is 0.494 e. The molecule has 2 rings (SSSR count). The standard InChI is InChI=1S/C18H22O3/c1-4-20-16-10-6-14(7-11-16)18(3,19)15-8-12-17(13-9-15)21-5-2/h6-13,19H,4-5H2,1-3H3.